The maximum absolute atomic E-state index is 10.2. The van der Waals surface area contributed by atoms with Crippen molar-refractivity contribution in [2.24, 2.45) is 11.3 Å². The monoisotopic (exact) mass is 527 g/mol. The predicted octanol–water partition coefficient (Wildman–Crippen LogP) is 6.88. The van der Waals surface area contributed by atoms with E-state index >= 15 is 0 Å². The van der Waals surface area contributed by atoms with Crippen LogP contribution in [0.15, 0.2) is 66.7 Å². The van der Waals surface area contributed by atoms with Crippen LogP contribution in [0.5, 0.6) is 11.5 Å². The van der Waals surface area contributed by atoms with Gasteiger partial charge in [-0.2, -0.15) is 0 Å². The molecule has 2 unspecified atom stereocenters. The molecule has 0 aromatic heterocycles. The van der Waals surface area contributed by atoms with Crippen molar-refractivity contribution in [3.05, 3.63) is 89.0 Å². The van der Waals surface area contributed by atoms with E-state index in [0.29, 0.717) is 23.0 Å². The number of rotatable bonds is 7. The summed E-state index contributed by atoms with van der Waals surface area (Å²) in [5, 5.41) is 10.2. The predicted molar refractivity (Wildman–Crippen MR) is 155 cm³/mol. The third kappa shape index (κ3) is 4.92. The molecule has 3 aromatic rings. The van der Waals surface area contributed by atoms with Gasteiger partial charge in [-0.3, -0.25) is 0 Å². The lowest BCUT2D eigenvalue weighted by Crippen LogP contribution is -2.50. The highest BCUT2D eigenvalue weighted by molar-refractivity contribution is 5.58. The molecule has 1 heterocycles. The van der Waals surface area contributed by atoms with Crippen LogP contribution in [0.2, 0.25) is 0 Å². The summed E-state index contributed by atoms with van der Waals surface area (Å²) in [4.78, 5) is 2.52. The van der Waals surface area contributed by atoms with Gasteiger partial charge in [-0.05, 0) is 84.7 Å². The van der Waals surface area contributed by atoms with Crippen molar-refractivity contribution in [3.63, 3.8) is 0 Å². The van der Waals surface area contributed by atoms with E-state index in [2.05, 4.69) is 59.5 Å². The molecule has 5 heteroatoms. The highest BCUT2D eigenvalue weighted by atomic mass is 16.7. The number of hydrogen-bond acceptors (Lipinski definition) is 5. The standard InChI is InChI=1S/C34H41NO4/c1-37-31-20-26(35-17-15-34(16-18-35)21-25(22-34)33(38-2)39-3)10-13-30(31)32-28(23-7-5-4-6-8-23)12-9-24-19-27(36)11-14-29(24)32/h4-8,10-11,13-14,19-20,25,28,32-33,36H,9,12,15-18,21-22H2,1-3H3. The Morgan fingerprint density at radius 1 is 0.872 bits per heavy atom. The van der Waals surface area contributed by atoms with Crippen molar-refractivity contribution in [1.29, 1.82) is 0 Å². The fraction of sp³-hybridized carbons (Fsp3) is 0.471. The number of phenols is 1. The SMILES string of the molecule is COc1cc(N2CCC3(CC2)CC(C(OC)OC)C3)ccc1C1c2ccc(O)cc2CCC1c1ccccc1. The average molecular weight is 528 g/mol. The Morgan fingerprint density at radius 3 is 2.28 bits per heavy atom. The van der Waals surface area contributed by atoms with Gasteiger partial charge in [-0.1, -0.05) is 42.5 Å². The summed E-state index contributed by atoms with van der Waals surface area (Å²) >= 11 is 0. The fourth-order valence-corrected chi connectivity index (χ4v) is 7.78. The molecule has 6 rings (SSSR count). The number of aromatic hydroxyl groups is 1. The van der Waals surface area contributed by atoms with Crippen molar-refractivity contribution < 1.29 is 19.3 Å². The van der Waals surface area contributed by atoms with E-state index in [1.165, 1.54) is 53.6 Å². The van der Waals surface area contributed by atoms with Crippen LogP contribution in [0.1, 0.15) is 66.2 Å². The minimum Gasteiger partial charge on any atom is -0.508 e. The molecular weight excluding hydrogens is 486 g/mol. The molecule has 3 aromatic carbocycles. The molecule has 1 N–H and O–H groups in total. The van der Waals surface area contributed by atoms with Crippen LogP contribution < -0.4 is 9.64 Å². The van der Waals surface area contributed by atoms with Gasteiger partial charge in [0.25, 0.3) is 0 Å². The molecule has 5 nitrogen and oxygen atoms in total. The van der Waals surface area contributed by atoms with Gasteiger partial charge in [0.15, 0.2) is 6.29 Å². The second-order valence-electron chi connectivity index (χ2n) is 11.8. The van der Waals surface area contributed by atoms with Gasteiger partial charge in [0.05, 0.1) is 7.11 Å². The second kappa shape index (κ2) is 10.9. The molecule has 39 heavy (non-hydrogen) atoms. The van der Waals surface area contributed by atoms with Crippen LogP contribution in [0.3, 0.4) is 0 Å². The maximum Gasteiger partial charge on any atom is 0.159 e. The van der Waals surface area contributed by atoms with E-state index in [1.54, 1.807) is 21.3 Å². The summed E-state index contributed by atoms with van der Waals surface area (Å²) in [7, 11) is 5.29. The molecule has 3 aliphatic rings. The molecule has 0 bridgehead atoms. The smallest absolute Gasteiger partial charge is 0.159 e. The van der Waals surface area contributed by atoms with Gasteiger partial charge < -0.3 is 24.2 Å². The van der Waals surface area contributed by atoms with Crippen molar-refractivity contribution in [2.75, 3.05) is 39.3 Å². The van der Waals surface area contributed by atoms with Crippen LogP contribution in [0.4, 0.5) is 5.69 Å². The van der Waals surface area contributed by atoms with E-state index < -0.39 is 0 Å². The number of hydrogen-bond donors (Lipinski definition) is 1. The number of methoxy groups -OCH3 is 3. The molecular formula is C34H41NO4. The summed E-state index contributed by atoms with van der Waals surface area (Å²) in [5.41, 5.74) is 6.80. The van der Waals surface area contributed by atoms with Gasteiger partial charge in [0.2, 0.25) is 0 Å². The number of phenolic OH excluding ortho intramolecular Hbond substituents is 1. The van der Waals surface area contributed by atoms with Crippen LogP contribution >= 0.6 is 0 Å². The number of benzene rings is 3. The topological polar surface area (TPSA) is 51.2 Å². The van der Waals surface area contributed by atoms with Crippen LogP contribution in [-0.2, 0) is 15.9 Å². The van der Waals surface area contributed by atoms with E-state index in [0.717, 1.165) is 31.7 Å². The fourth-order valence-electron chi connectivity index (χ4n) is 7.78. The van der Waals surface area contributed by atoms with Gasteiger partial charge in [0.1, 0.15) is 11.5 Å². The first kappa shape index (κ1) is 26.2. The molecule has 1 spiro atoms. The third-order valence-electron chi connectivity index (χ3n) is 9.80. The van der Waals surface area contributed by atoms with Crippen molar-refractivity contribution in [3.8, 4) is 11.5 Å². The quantitative estimate of drug-likeness (QED) is 0.340. The summed E-state index contributed by atoms with van der Waals surface area (Å²) in [6.45, 7) is 2.13. The number of ether oxygens (including phenoxy) is 3. The largest absolute Gasteiger partial charge is 0.508 e. The average Bonchev–Trinajstić information content (AvgIpc) is 2.96. The number of aryl methyl sites for hydroxylation is 1. The van der Waals surface area contributed by atoms with Crippen molar-refractivity contribution in [1.82, 2.24) is 0 Å². The van der Waals surface area contributed by atoms with Gasteiger partial charge in [-0.25, -0.2) is 0 Å². The van der Waals surface area contributed by atoms with E-state index in [9.17, 15) is 5.11 Å². The number of piperidine rings is 1. The summed E-state index contributed by atoms with van der Waals surface area (Å²) in [5.74, 6) is 2.34. The summed E-state index contributed by atoms with van der Waals surface area (Å²) in [6, 6.07) is 23.6. The van der Waals surface area contributed by atoms with E-state index in [4.69, 9.17) is 14.2 Å². The van der Waals surface area contributed by atoms with Crippen molar-refractivity contribution in [2.45, 2.75) is 56.7 Å². The van der Waals surface area contributed by atoms with Crippen LogP contribution in [0.25, 0.3) is 0 Å². The molecule has 1 saturated heterocycles. The molecule has 1 saturated carbocycles. The zero-order valence-electron chi connectivity index (χ0n) is 23.4. The lowest BCUT2D eigenvalue weighted by molar-refractivity contribution is -0.184. The van der Waals surface area contributed by atoms with Crippen molar-refractivity contribution >= 4 is 5.69 Å². The zero-order chi connectivity index (χ0) is 27.0. The second-order valence-corrected chi connectivity index (χ2v) is 11.8. The minimum absolute atomic E-state index is 0.0703. The zero-order valence-corrected chi connectivity index (χ0v) is 23.4. The molecule has 2 atom stereocenters. The van der Waals surface area contributed by atoms with E-state index in [-0.39, 0.29) is 12.2 Å². The third-order valence-corrected chi connectivity index (χ3v) is 9.80. The Balaban J connectivity index is 1.25. The van der Waals surface area contributed by atoms with Gasteiger partial charge in [-0.15, -0.1) is 0 Å². The molecule has 0 amide bonds. The van der Waals surface area contributed by atoms with Crippen LogP contribution in [-0.4, -0.2) is 45.8 Å². The Labute approximate surface area is 232 Å². The lowest BCUT2D eigenvalue weighted by Gasteiger charge is -2.54. The molecule has 2 aliphatic carbocycles. The molecule has 0 radical (unpaired) electrons. The Morgan fingerprint density at radius 2 is 1.59 bits per heavy atom. The minimum atomic E-state index is -0.0703. The maximum atomic E-state index is 10.2. The summed E-state index contributed by atoms with van der Waals surface area (Å²) < 4.78 is 17.1. The molecule has 206 valence electrons. The number of nitrogens with zero attached hydrogens (tertiary/aromatic N) is 1. The Kier molecular flexibility index (Phi) is 7.30. The molecule has 2 fully saturated rings. The number of anilines is 1. The highest BCUT2D eigenvalue weighted by Gasteiger charge is 2.48. The first-order valence-electron chi connectivity index (χ1n) is 14.4. The van der Waals surface area contributed by atoms with Crippen LogP contribution in [0, 0.1) is 11.3 Å². The lowest BCUT2D eigenvalue weighted by atomic mass is 9.57. The normalized spacial score (nSPS) is 22.5. The Bertz CT molecular complexity index is 1270. The highest BCUT2D eigenvalue weighted by Crippen LogP contribution is 2.55. The first-order chi connectivity index (χ1) is 19.0. The van der Waals surface area contributed by atoms with Gasteiger partial charge >= 0.3 is 0 Å². The number of fused-ring (bicyclic) bond motifs is 1. The van der Waals surface area contributed by atoms with Gasteiger partial charge in [0, 0.05) is 56.5 Å². The van der Waals surface area contributed by atoms with E-state index in [1.807, 2.05) is 12.1 Å². The first-order valence-corrected chi connectivity index (χ1v) is 14.4. The Hall–Kier alpha value is -3.02. The molecule has 1 aliphatic heterocycles. The summed E-state index contributed by atoms with van der Waals surface area (Å²) in [6.07, 6.45) is 6.76.